The number of pyridine rings is 1. The predicted octanol–water partition coefficient (Wildman–Crippen LogP) is 3.13. The number of aryl methyl sites for hydroxylation is 1. The Morgan fingerprint density at radius 1 is 1.10 bits per heavy atom. The number of amides is 1. The van der Waals surface area contributed by atoms with Crippen molar-refractivity contribution in [1.82, 2.24) is 9.71 Å². The van der Waals surface area contributed by atoms with Gasteiger partial charge in [0, 0.05) is 24.5 Å². The Morgan fingerprint density at radius 3 is 2.52 bits per heavy atom. The molecular formula is C21H21N3O4S. The SMILES string of the molecule is COc1ccc(S(=O)(=O)NCc2cccnc2)cc1NC(=O)c1ccc(C)cc1. The number of anilines is 1. The van der Waals surface area contributed by atoms with Crippen LogP contribution in [-0.4, -0.2) is 26.4 Å². The van der Waals surface area contributed by atoms with Crippen molar-refractivity contribution in [3.63, 3.8) is 0 Å². The zero-order valence-electron chi connectivity index (χ0n) is 16.0. The fourth-order valence-corrected chi connectivity index (χ4v) is 3.66. The first kappa shape index (κ1) is 20.5. The van der Waals surface area contributed by atoms with E-state index in [1.54, 1.807) is 36.7 Å². The second-order valence-corrected chi connectivity index (χ2v) is 8.14. The number of sulfonamides is 1. The molecule has 0 aliphatic rings. The topological polar surface area (TPSA) is 97.4 Å². The lowest BCUT2D eigenvalue weighted by Crippen LogP contribution is -2.23. The minimum atomic E-state index is -3.80. The summed E-state index contributed by atoms with van der Waals surface area (Å²) in [6, 6.07) is 14.9. The minimum absolute atomic E-state index is 0.0152. The predicted molar refractivity (Wildman–Crippen MR) is 110 cm³/mol. The molecule has 0 saturated carbocycles. The number of methoxy groups -OCH3 is 1. The van der Waals surface area contributed by atoms with Crippen LogP contribution in [0, 0.1) is 6.92 Å². The summed E-state index contributed by atoms with van der Waals surface area (Å²) < 4.78 is 33.1. The largest absolute Gasteiger partial charge is 0.495 e. The molecule has 1 amide bonds. The molecule has 0 aliphatic heterocycles. The highest BCUT2D eigenvalue weighted by atomic mass is 32.2. The van der Waals surface area contributed by atoms with Crippen molar-refractivity contribution in [2.45, 2.75) is 18.4 Å². The fourth-order valence-electron chi connectivity index (χ4n) is 2.62. The number of hydrogen-bond donors (Lipinski definition) is 2. The van der Waals surface area contributed by atoms with Gasteiger partial charge in [-0.3, -0.25) is 9.78 Å². The van der Waals surface area contributed by atoms with Crippen LogP contribution >= 0.6 is 0 Å². The highest BCUT2D eigenvalue weighted by molar-refractivity contribution is 7.89. The van der Waals surface area contributed by atoms with E-state index in [-0.39, 0.29) is 23.0 Å². The average molecular weight is 411 g/mol. The maximum atomic E-state index is 12.7. The van der Waals surface area contributed by atoms with Crippen molar-refractivity contribution in [2.75, 3.05) is 12.4 Å². The summed E-state index contributed by atoms with van der Waals surface area (Å²) in [4.78, 5) is 16.5. The average Bonchev–Trinajstić information content (AvgIpc) is 2.73. The van der Waals surface area contributed by atoms with Crippen molar-refractivity contribution in [3.8, 4) is 5.75 Å². The molecule has 0 unspecified atom stereocenters. The van der Waals surface area contributed by atoms with Crippen molar-refractivity contribution in [3.05, 3.63) is 83.7 Å². The van der Waals surface area contributed by atoms with Gasteiger partial charge in [0.1, 0.15) is 5.75 Å². The molecule has 0 saturated heterocycles. The van der Waals surface area contributed by atoms with Gasteiger partial charge in [-0.2, -0.15) is 0 Å². The van der Waals surface area contributed by atoms with E-state index in [1.165, 1.54) is 25.3 Å². The maximum Gasteiger partial charge on any atom is 0.255 e. The molecule has 1 aromatic heterocycles. The lowest BCUT2D eigenvalue weighted by atomic mass is 10.1. The van der Waals surface area contributed by atoms with E-state index in [9.17, 15) is 13.2 Å². The van der Waals surface area contributed by atoms with E-state index >= 15 is 0 Å². The Balaban J connectivity index is 1.82. The molecule has 150 valence electrons. The number of benzene rings is 2. The smallest absolute Gasteiger partial charge is 0.255 e. The van der Waals surface area contributed by atoms with Gasteiger partial charge in [0.2, 0.25) is 10.0 Å². The summed E-state index contributed by atoms with van der Waals surface area (Å²) in [5, 5.41) is 2.72. The van der Waals surface area contributed by atoms with Gasteiger partial charge in [-0.1, -0.05) is 23.8 Å². The highest BCUT2D eigenvalue weighted by Gasteiger charge is 2.18. The van der Waals surface area contributed by atoms with E-state index in [0.717, 1.165) is 11.1 Å². The van der Waals surface area contributed by atoms with Crippen LogP contribution in [0.15, 0.2) is 71.9 Å². The summed E-state index contributed by atoms with van der Waals surface area (Å²) in [5.74, 6) is -0.00200. The Hall–Kier alpha value is -3.23. The summed E-state index contributed by atoms with van der Waals surface area (Å²) in [6.45, 7) is 2.03. The lowest BCUT2D eigenvalue weighted by molar-refractivity contribution is 0.102. The highest BCUT2D eigenvalue weighted by Crippen LogP contribution is 2.28. The van der Waals surface area contributed by atoms with E-state index in [2.05, 4.69) is 15.0 Å². The molecule has 2 N–H and O–H groups in total. The van der Waals surface area contributed by atoms with Gasteiger partial charge >= 0.3 is 0 Å². The van der Waals surface area contributed by atoms with Crippen LogP contribution < -0.4 is 14.8 Å². The van der Waals surface area contributed by atoms with Crippen LogP contribution in [0.3, 0.4) is 0 Å². The number of carbonyl (C=O) groups is 1. The molecule has 0 atom stereocenters. The van der Waals surface area contributed by atoms with Gasteiger partial charge in [0.25, 0.3) is 5.91 Å². The van der Waals surface area contributed by atoms with Crippen LogP contribution in [0.2, 0.25) is 0 Å². The van der Waals surface area contributed by atoms with Crippen molar-refractivity contribution in [2.24, 2.45) is 0 Å². The minimum Gasteiger partial charge on any atom is -0.495 e. The van der Waals surface area contributed by atoms with Gasteiger partial charge in [0.05, 0.1) is 17.7 Å². The molecule has 0 bridgehead atoms. The number of nitrogens with one attached hydrogen (secondary N) is 2. The fraction of sp³-hybridized carbons (Fsp3) is 0.143. The van der Waals surface area contributed by atoms with Gasteiger partial charge in [0.15, 0.2) is 0 Å². The molecule has 29 heavy (non-hydrogen) atoms. The van der Waals surface area contributed by atoms with Crippen LogP contribution in [0.1, 0.15) is 21.5 Å². The van der Waals surface area contributed by atoms with Gasteiger partial charge in [-0.25, -0.2) is 13.1 Å². The molecule has 1 heterocycles. The van der Waals surface area contributed by atoms with Crippen molar-refractivity contribution >= 4 is 21.6 Å². The molecule has 0 fully saturated rings. The number of ether oxygens (including phenoxy) is 1. The third-order valence-electron chi connectivity index (χ3n) is 4.23. The standard InChI is InChI=1S/C21H21N3O4S/c1-15-5-7-17(8-6-15)21(25)24-19-12-18(9-10-20(19)28-2)29(26,27)23-14-16-4-3-11-22-13-16/h3-13,23H,14H2,1-2H3,(H,24,25). The van der Waals surface area contributed by atoms with Crippen LogP contribution in [0.4, 0.5) is 5.69 Å². The monoisotopic (exact) mass is 411 g/mol. The number of rotatable bonds is 7. The molecule has 0 spiro atoms. The van der Waals surface area contributed by atoms with Crippen LogP contribution in [0.5, 0.6) is 5.75 Å². The van der Waals surface area contributed by atoms with Gasteiger partial charge < -0.3 is 10.1 Å². The third kappa shape index (κ3) is 5.18. The zero-order chi connectivity index (χ0) is 20.9. The Kier molecular flexibility index (Phi) is 6.26. The van der Waals surface area contributed by atoms with Crippen molar-refractivity contribution < 1.29 is 17.9 Å². The van der Waals surface area contributed by atoms with E-state index in [0.29, 0.717) is 11.3 Å². The number of hydrogen-bond acceptors (Lipinski definition) is 5. The van der Waals surface area contributed by atoms with Gasteiger partial charge in [-0.15, -0.1) is 0 Å². The second-order valence-electron chi connectivity index (χ2n) is 6.37. The zero-order valence-corrected chi connectivity index (χ0v) is 16.9. The normalized spacial score (nSPS) is 11.1. The molecule has 3 aromatic rings. The van der Waals surface area contributed by atoms with E-state index in [4.69, 9.17) is 4.74 Å². The van der Waals surface area contributed by atoms with Gasteiger partial charge in [-0.05, 0) is 48.9 Å². The Bertz CT molecular complexity index is 1100. The number of nitrogens with zero attached hydrogens (tertiary/aromatic N) is 1. The second kappa shape index (κ2) is 8.85. The third-order valence-corrected chi connectivity index (χ3v) is 5.63. The molecular weight excluding hydrogens is 390 g/mol. The Morgan fingerprint density at radius 2 is 1.86 bits per heavy atom. The first-order valence-corrected chi connectivity index (χ1v) is 10.3. The first-order chi connectivity index (χ1) is 13.9. The van der Waals surface area contributed by atoms with Crippen LogP contribution in [0.25, 0.3) is 0 Å². The number of carbonyl (C=O) groups excluding carboxylic acids is 1. The summed E-state index contributed by atoms with van der Waals surface area (Å²) in [5.41, 5.74) is 2.49. The quantitative estimate of drug-likeness (QED) is 0.623. The summed E-state index contributed by atoms with van der Waals surface area (Å²) in [6.07, 6.45) is 3.20. The van der Waals surface area contributed by atoms with E-state index in [1.807, 2.05) is 19.1 Å². The summed E-state index contributed by atoms with van der Waals surface area (Å²) >= 11 is 0. The molecule has 0 radical (unpaired) electrons. The maximum absolute atomic E-state index is 12.7. The molecule has 8 heteroatoms. The first-order valence-electron chi connectivity index (χ1n) is 8.84. The van der Waals surface area contributed by atoms with Crippen LogP contribution in [-0.2, 0) is 16.6 Å². The number of aromatic nitrogens is 1. The molecule has 7 nitrogen and oxygen atoms in total. The lowest BCUT2D eigenvalue weighted by Gasteiger charge is -2.13. The van der Waals surface area contributed by atoms with E-state index < -0.39 is 10.0 Å². The summed E-state index contributed by atoms with van der Waals surface area (Å²) in [7, 11) is -2.35. The molecule has 0 aliphatic carbocycles. The molecule has 3 rings (SSSR count). The Labute approximate surface area is 169 Å². The molecule has 2 aromatic carbocycles. The van der Waals surface area contributed by atoms with Crippen molar-refractivity contribution in [1.29, 1.82) is 0 Å².